The summed E-state index contributed by atoms with van der Waals surface area (Å²) in [6.45, 7) is 5.34. The van der Waals surface area contributed by atoms with E-state index in [2.05, 4.69) is 19.0 Å². The summed E-state index contributed by atoms with van der Waals surface area (Å²) in [6, 6.07) is 0. The second-order valence-corrected chi connectivity index (χ2v) is 7.59. The standard InChI is InChI=1S/C16H27N3O/c1-15(2)9-5-12(6-10-15)13-18-14(20-19-13)16(11-17)7-3-4-8-16/h12H,3-11,17H2,1-2H3. The molecule has 2 saturated carbocycles. The SMILES string of the molecule is CC1(C)CCC(c2noc(C3(CN)CCCC3)n2)CC1. The van der Waals surface area contributed by atoms with Gasteiger partial charge in [-0.05, 0) is 43.9 Å². The van der Waals surface area contributed by atoms with Gasteiger partial charge in [0.1, 0.15) is 0 Å². The third-order valence-electron chi connectivity index (χ3n) is 5.55. The Kier molecular flexibility index (Phi) is 3.61. The molecule has 2 aliphatic carbocycles. The summed E-state index contributed by atoms with van der Waals surface area (Å²) < 4.78 is 5.61. The van der Waals surface area contributed by atoms with Crippen LogP contribution in [0.25, 0.3) is 0 Å². The van der Waals surface area contributed by atoms with Crippen molar-refractivity contribution in [2.24, 2.45) is 11.1 Å². The predicted octanol–water partition coefficient (Wildman–Crippen LogP) is 3.52. The molecule has 0 radical (unpaired) electrons. The van der Waals surface area contributed by atoms with Gasteiger partial charge in [-0.1, -0.05) is 31.8 Å². The quantitative estimate of drug-likeness (QED) is 0.918. The zero-order valence-electron chi connectivity index (χ0n) is 12.8. The molecular weight excluding hydrogens is 250 g/mol. The molecule has 0 unspecified atom stereocenters. The summed E-state index contributed by atoms with van der Waals surface area (Å²) in [7, 11) is 0. The van der Waals surface area contributed by atoms with Gasteiger partial charge in [0.2, 0.25) is 5.89 Å². The van der Waals surface area contributed by atoms with Crippen molar-refractivity contribution in [1.82, 2.24) is 10.1 Å². The minimum absolute atomic E-state index is 0.0286. The summed E-state index contributed by atoms with van der Waals surface area (Å²) in [6.07, 6.45) is 9.53. The van der Waals surface area contributed by atoms with Crippen molar-refractivity contribution in [1.29, 1.82) is 0 Å². The second-order valence-electron chi connectivity index (χ2n) is 7.59. The van der Waals surface area contributed by atoms with Crippen LogP contribution in [0.3, 0.4) is 0 Å². The fraction of sp³-hybridized carbons (Fsp3) is 0.875. The van der Waals surface area contributed by atoms with Crippen LogP contribution in [0.5, 0.6) is 0 Å². The number of hydrogen-bond donors (Lipinski definition) is 1. The van der Waals surface area contributed by atoms with Gasteiger partial charge in [-0.3, -0.25) is 0 Å². The van der Waals surface area contributed by atoms with E-state index < -0.39 is 0 Å². The second kappa shape index (κ2) is 5.14. The van der Waals surface area contributed by atoms with Crippen LogP contribution in [0.1, 0.15) is 82.8 Å². The van der Waals surface area contributed by atoms with Crippen LogP contribution in [0, 0.1) is 5.41 Å². The van der Waals surface area contributed by atoms with Crippen molar-refractivity contribution in [3.8, 4) is 0 Å². The Morgan fingerprint density at radius 1 is 1.15 bits per heavy atom. The fourth-order valence-corrected chi connectivity index (χ4v) is 3.83. The molecule has 0 bridgehead atoms. The monoisotopic (exact) mass is 277 g/mol. The first-order valence-electron chi connectivity index (χ1n) is 8.09. The first kappa shape index (κ1) is 14.1. The number of nitrogens with zero attached hydrogens (tertiary/aromatic N) is 2. The third-order valence-corrected chi connectivity index (χ3v) is 5.55. The molecule has 4 nitrogen and oxygen atoms in total. The highest BCUT2D eigenvalue weighted by Crippen LogP contribution is 2.43. The van der Waals surface area contributed by atoms with Crippen LogP contribution in [0.4, 0.5) is 0 Å². The molecule has 1 aromatic heterocycles. The molecule has 2 N–H and O–H groups in total. The maximum atomic E-state index is 6.00. The lowest BCUT2D eigenvalue weighted by atomic mass is 9.73. The first-order valence-corrected chi connectivity index (χ1v) is 8.09. The fourth-order valence-electron chi connectivity index (χ4n) is 3.83. The average Bonchev–Trinajstić information content (AvgIpc) is 3.08. The van der Waals surface area contributed by atoms with E-state index in [0.29, 0.717) is 17.9 Å². The van der Waals surface area contributed by atoms with Crippen LogP contribution >= 0.6 is 0 Å². The molecule has 0 saturated heterocycles. The van der Waals surface area contributed by atoms with Crippen LogP contribution in [-0.4, -0.2) is 16.7 Å². The Morgan fingerprint density at radius 3 is 2.40 bits per heavy atom. The molecule has 2 aliphatic rings. The molecule has 0 aromatic carbocycles. The lowest BCUT2D eigenvalue weighted by molar-refractivity contribution is 0.218. The maximum Gasteiger partial charge on any atom is 0.234 e. The van der Waals surface area contributed by atoms with Gasteiger partial charge in [0.05, 0.1) is 5.41 Å². The number of rotatable bonds is 3. The predicted molar refractivity (Wildman–Crippen MR) is 78.5 cm³/mol. The number of hydrogen-bond acceptors (Lipinski definition) is 4. The summed E-state index contributed by atoms with van der Waals surface area (Å²) in [5, 5.41) is 4.28. The largest absolute Gasteiger partial charge is 0.339 e. The number of nitrogens with two attached hydrogens (primary N) is 1. The van der Waals surface area contributed by atoms with Crippen molar-refractivity contribution < 1.29 is 4.52 Å². The molecule has 0 amide bonds. The highest BCUT2D eigenvalue weighted by molar-refractivity contribution is 5.11. The maximum absolute atomic E-state index is 6.00. The van der Waals surface area contributed by atoms with Crippen molar-refractivity contribution in [2.45, 2.75) is 76.5 Å². The zero-order valence-corrected chi connectivity index (χ0v) is 12.8. The van der Waals surface area contributed by atoms with Gasteiger partial charge in [-0.25, -0.2) is 0 Å². The van der Waals surface area contributed by atoms with Gasteiger partial charge in [-0.15, -0.1) is 0 Å². The van der Waals surface area contributed by atoms with Crippen LogP contribution < -0.4 is 5.73 Å². The van der Waals surface area contributed by atoms with E-state index in [4.69, 9.17) is 15.2 Å². The lowest BCUT2D eigenvalue weighted by Crippen LogP contribution is -2.32. The van der Waals surface area contributed by atoms with Gasteiger partial charge in [0.25, 0.3) is 0 Å². The Hall–Kier alpha value is -0.900. The van der Waals surface area contributed by atoms with Gasteiger partial charge >= 0.3 is 0 Å². The minimum Gasteiger partial charge on any atom is -0.339 e. The van der Waals surface area contributed by atoms with Crippen molar-refractivity contribution >= 4 is 0 Å². The molecule has 3 rings (SSSR count). The zero-order chi connectivity index (χ0) is 14.2. The van der Waals surface area contributed by atoms with E-state index >= 15 is 0 Å². The third kappa shape index (κ3) is 2.50. The van der Waals surface area contributed by atoms with E-state index in [0.717, 1.165) is 24.6 Å². The molecule has 112 valence electrons. The van der Waals surface area contributed by atoms with Crippen molar-refractivity contribution in [3.05, 3.63) is 11.7 Å². The first-order chi connectivity index (χ1) is 9.55. The Balaban J connectivity index is 1.74. The Morgan fingerprint density at radius 2 is 1.80 bits per heavy atom. The summed E-state index contributed by atoms with van der Waals surface area (Å²) in [5.41, 5.74) is 6.45. The molecule has 1 heterocycles. The average molecular weight is 277 g/mol. The highest BCUT2D eigenvalue weighted by Gasteiger charge is 2.40. The van der Waals surface area contributed by atoms with E-state index in [9.17, 15) is 0 Å². The molecule has 20 heavy (non-hydrogen) atoms. The van der Waals surface area contributed by atoms with Crippen LogP contribution in [0.15, 0.2) is 4.52 Å². The normalized spacial score (nSPS) is 25.9. The van der Waals surface area contributed by atoms with E-state index in [1.807, 2.05) is 0 Å². The van der Waals surface area contributed by atoms with Crippen molar-refractivity contribution in [2.75, 3.05) is 6.54 Å². The smallest absolute Gasteiger partial charge is 0.234 e. The van der Waals surface area contributed by atoms with Crippen LogP contribution in [-0.2, 0) is 5.41 Å². The van der Waals surface area contributed by atoms with Gasteiger partial charge in [-0.2, -0.15) is 4.98 Å². The van der Waals surface area contributed by atoms with E-state index in [1.165, 1.54) is 38.5 Å². The Bertz CT molecular complexity index is 450. The molecule has 1 aromatic rings. The summed E-state index contributed by atoms with van der Waals surface area (Å²) in [4.78, 5) is 4.75. The van der Waals surface area contributed by atoms with Gasteiger partial charge in [0.15, 0.2) is 5.82 Å². The van der Waals surface area contributed by atoms with E-state index in [1.54, 1.807) is 0 Å². The highest BCUT2D eigenvalue weighted by atomic mass is 16.5. The van der Waals surface area contributed by atoms with E-state index in [-0.39, 0.29) is 5.41 Å². The minimum atomic E-state index is -0.0286. The molecule has 0 spiro atoms. The molecule has 2 fully saturated rings. The molecule has 4 heteroatoms. The lowest BCUT2D eigenvalue weighted by Gasteiger charge is -2.32. The number of aromatic nitrogens is 2. The molecule has 0 aliphatic heterocycles. The van der Waals surface area contributed by atoms with Crippen LogP contribution in [0.2, 0.25) is 0 Å². The topological polar surface area (TPSA) is 64.9 Å². The van der Waals surface area contributed by atoms with Gasteiger partial charge in [0, 0.05) is 12.5 Å². The van der Waals surface area contributed by atoms with Gasteiger partial charge < -0.3 is 10.3 Å². The molecular formula is C16H27N3O. The molecule has 0 atom stereocenters. The summed E-state index contributed by atoms with van der Waals surface area (Å²) >= 11 is 0. The van der Waals surface area contributed by atoms with Crippen molar-refractivity contribution in [3.63, 3.8) is 0 Å². The Labute approximate surface area is 121 Å². The summed E-state index contributed by atoms with van der Waals surface area (Å²) in [5.74, 6) is 2.21.